The van der Waals surface area contributed by atoms with Gasteiger partial charge < -0.3 is 9.84 Å². The van der Waals surface area contributed by atoms with Crippen LogP contribution in [0.15, 0.2) is 11.2 Å². The van der Waals surface area contributed by atoms with Crippen molar-refractivity contribution in [3.05, 3.63) is 11.2 Å². The van der Waals surface area contributed by atoms with Crippen LogP contribution in [0.25, 0.3) is 0 Å². The summed E-state index contributed by atoms with van der Waals surface area (Å²) in [6, 6.07) is 0. The third kappa shape index (κ3) is 2.57. The van der Waals surface area contributed by atoms with Gasteiger partial charge in [0.1, 0.15) is 11.7 Å². The lowest BCUT2D eigenvalue weighted by molar-refractivity contribution is -0.149. The molecular weight excluding hydrogens is 384 g/mol. The first-order valence-corrected chi connectivity index (χ1v) is 13.2. The highest BCUT2D eigenvalue weighted by Gasteiger charge is 2.65. The molecule has 1 heterocycles. The number of ether oxygens (including phenoxy) is 1. The van der Waals surface area contributed by atoms with Crippen molar-refractivity contribution in [1.29, 1.82) is 0 Å². The summed E-state index contributed by atoms with van der Waals surface area (Å²) in [5.74, 6) is 5.32. The first-order chi connectivity index (χ1) is 13.5. The van der Waals surface area contributed by atoms with Crippen molar-refractivity contribution in [2.75, 3.05) is 6.26 Å². The lowest BCUT2D eigenvalue weighted by atomic mass is 9.43. The van der Waals surface area contributed by atoms with Gasteiger partial charge >= 0.3 is 0 Å². The van der Waals surface area contributed by atoms with E-state index < -0.39 is 15.4 Å². The molecule has 5 rings (SSSR count). The van der Waals surface area contributed by atoms with Crippen LogP contribution in [0.5, 0.6) is 0 Å². The van der Waals surface area contributed by atoms with Crippen LogP contribution in [-0.2, 0) is 14.6 Å². The zero-order chi connectivity index (χ0) is 20.8. The number of aliphatic hydroxyl groups is 1. The van der Waals surface area contributed by atoms with E-state index in [-0.39, 0.29) is 27.9 Å². The largest absolute Gasteiger partial charge is 0.479 e. The molecule has 0 bridgehead atoms. The molecule has 4 fully saturated rings. The number of hydrogen-bond acceptors (Lipinski definition) is 4. The Morgan fingerprint density at radius 3 is 2.59 bits per heavy atom. The Morgan fingerprint density at radius 1 is 1.17 bits per heavy atom. The first kappa shape index (κ1) is 19.9. The van der Waals surface area contributed by atoms with Gasteiger partial charge in [-0.15, -0.1) is 6.42 Å². The van der Waals surface area contributed by atoms with E-state index in [1.165, 1.54) is 19.1 Å². The van der Waals surface area contributed by atoms with E-state index in [0.29, 0.717) is 23.7 Å². The molecule has 4 unspecified atom stereocenters. The third-order valence-electron chi connectivity index (χ3n) is 10.1. The number of fused-ring (bicyclic) bond motifs is 6. The lowest BCUT2D eigenvalue weighted by Gasteiger charge is -2.61. The monoisotopic (exact) mass is 418 g/mol. The van der Waals surface area contributed by atoms with Crippen molar-refractivity contribution in [2.24, 2.45) is 40.4 Å². The van der Waals surface area contributed by atoms with E-state index in [1.54, 1.807) is 0 Å². The van der Waals surface area contributed by atoms with Gasteiger partial charge in [0.25, 0.3) is 0 Å². The van der Waals surface area contributed by atoms with Crippen molar-refractivity contribution < 1.29 is 18.3 Å². The van der Waals surface area contributed by atoms with Crippen molar-refractivity contribution in [1.82, 2.24) is 0 Å². The van der Waals surface area contributed by atoms with Crippen LogP contribution in [0.3, 0.4) is 0 Å². The fourth-order valence-electron chi connectivity index (χ4n) is 8.46. The average molecular weight is 419 g/mol. The van der Waals surface area contributed by atoms with Gasteiger partial charge in [0, 0.05) is 17.6 Å². The molecular formula is C24H34O4S. The number of terminal acetylenes is 1. The van der Waals surface area contributed by atoms with Crippen molar-refractivity contribution in [3.8, 4) is 12.3 Å². The maximum atomic E-state index is 12.0. The van der Waals surface area contributed by atoms with Crippen molar-refractivity contribution in [2.45, 2.75) is 76.9 Å². The molecule has 0 spiro atoms. The molecule has 5 heteroatoms. The summed E-state index contributed by atoms with van der Waals surface area (Å²) >= 11 is 0. The van der Waals surface area contributed by atoms with Gasteiger partial charge in [-0.1, -0.05) is 19.8 Å². The number of sulfone groups is 1. The topological polar surface area (TPSA) is 63.6 Å². The minimum atomic E-state index is -3.28. The highest BCUT2D eigenvalue weighted by atomic mass is 32.2. The summed E-state index contributed by atoms with van der Waals surface area (Å²) < 4.78 is 29.9. The smallest absolute Gasteiger partial charge is 0.208 e. The lowest BCUT2D eigenvalue weighted by Crippen LogP contribution is -2.57. The number of rotatable bonds is 1. The second-order valence-corrected chi connectivity index (χ2v) is 13.1. The Kier molecular flexibility index (Phi) is 4.15. The maximum Gasteiger partial charge on any atom is 0.208 e. The number of hydrogen-bond donors (Lipinski definition) is 1. The normalized spacial score (nSPS) is 53.6. The predicted molar refractivity (Wildman–Crippen MR) is 112 cm³/mol. The molecule has 5 aliphatic rings. The summed E-state index contributed by atoms with van der Waals surface area (Å²) in [6.07, 6.45) is 17.2. The standard InChI is InChI=1S/C24H34O4S/c1-5-24(25)11-9-19-17-7-6-16-13-20-15(12-21(28-20)29(4,26)27)14-22(16,2)18(17)8-10-23(19,24)3/h1,12,15-20,25H,6-11,13-14H2,2-4H3/t15?,16-,17?,18?,19-,20?,22-,23-,24-/m0/s1. The van der Waals surface area contributed by atoms with Crippen LogP contribution >= 0.6 is 0 Å². The second-order valence-electron chi connectivity index (χ2n) is 11.2. The van der Waals surface area contributed by atoms with Gasteiger partial charge in [-0.05, 0) is 86.5 Å². The minimum absolute atomic E-state index is 0.0289. The maximum absolute atomic E-state index is 12.0. The first-order valence-electron chi connectivity index (χ1n) is 11.3. The molecule has 9 atom stereocenters. The molecule has 1 N–H and O–H groups in total. The van der Waals surface area contributed by atoms with Gasteiger partial charge in [-0.25, -0.2) is 8.42 Å². The third-order valence-corrected chi connectivity index (χ3v) is 11.1. The molecule has 1 aliphatic heterocycles. The molecule has 4 saturated carbocycles. The SMILES string of the molecule is C#C[C@]1(O)CC[C@H]2C3CC[C@H]4CC5OC(S(C)(=O)=O)=CC5C[C@]4(C)C3CC[C@@]21C. The Balaban J connectivity index is 1.44. The van der Waals surface area contributed by atoms with E-state index in [0.717, 1.165) is 38.5 Å². The highest BCUT2D eigenvalue weighted by Crippen LogP contribution is 2.69. The van der Waals surface area contributed by atoms with Crippen LogP contribution in [0, 0.1) is 52.8 Å². The fraction of sp³-hybridized carbons (Fsp3) is 0.833. The van der Waals surface area contributed by atoms with E-state index in [4.69, 9.17) is 11.2 Å². The van der Waals surface area contributed by atoms with E-state index in [2.05, 4.69) is 19.8 Å². The van der Waals surface area contributed by atoms with Crippen LogP contribution in [-0.4, -0.2) is 31.5 Å². The molecule has 0 saturated heterocycles. The minimum Gasteiger partial charge on any atom is -0.479 e. The summed E-state index contributed by atoms with van der Waals surface area (Å²) in [6.45, 7) is 4.69. The second kappa shape index (κ2) is 6.04. The predicted octanol–water partition coefficient (Wildman–Crippen LogP) is 3.90. The Bertz CT molecular complexity index is 900. The molecule has 29 heavy (non-hydrogen) atoms. The summed E-state index contributed by atoms with van der Waals surface area (Å²) in [7, 11) is -3.28. The van der Waals surface area contributed by atoms with Gasteiger partial charge in [0.05, 0.1) is 0 Å². The van der Waals surface area contributed by atoms with E-state index in [9.17, 15) is 13.5 Å². The van der Waals surface area contributed by atoms with Gasteiger partial charge in [0.2, 0.25) is 14.9 Å². The van der Waals surface area contributed by atoms with Gasteiger partial charge in [0.15, 0.2) is 0 Å². The molecule has 0 aromatic carbocycles. The Labute approximate surface area is 175 Å². The fourth-order valence-corrected chi connectivity index (χ4v) is 9.18. The average Bonchev–Trinajstić information content (AvgIpc) is 3.18. The van der Waals surface area contributed by atoms with Gasteiger partial charge in [-0.2, -0.15) is 0 Å². The summed E-state index contributed by atoms with van der Waals surface area (Å²) in [5, 5.41) is 11.3. The van der Waals surface area contributed by atoms with E-state index >= 15 is 0 Å². The Morgan fingerprint density at radius 2 is 1.90 bits per heavy atom. The van der Waals surface area contributed by atoms with Crippen molar-refractivity contribution >= 4 is 9.84 Å². The molecule has 0 radical (unpaired) electrons. The van der Waals surface area contributed by atoms with Gasteiger partial charge in [-0.3, -0.25) is 0 Å². The zero-order valence-corrected chi connectivity index (χ0v) is 18.7. The van der Waals surface area contributed by atoms with Crippen LogP contribution in [0.1, 0.15) is 65.2 Å². The molecule has 160 valence electrons. The van der Waals surface area contributed by atoms with Crippen LogP contribution in [0.2, 0.25) is 0 Å². The van der Waals surface area contributed by atoms with E-state index in [1.807, 2.05) is 6.08 Å². The zero-order valence-electron chi connectivity index (χ0n) is 17.9. The molecule has 4 aliphatic carbocycles. The van der Waals surface area contributed by atoms with Crippen molar-refractivity contribution in [3.63, 3.8) is 0 Å². The summed E-state index contributed by atoms with van der Waals surface area (Å²) in [4.78, 5) is 0. The van der Waals surface area contributed by atoms with Crippen LogP contribution in [0.4, 0.5) is 0 Å². The summed E-state index contributed by atoms with van der Waals surface area (Å²) in [5.41, 5.74) is -0.900. The molecule has 0 amide bonds. The quantitative estimate of drug-likeness (QED) is 0.656. The van der Waals surface area contributed by atoms with Crippen LogP contribution < -0.4 is 0 Å². The highest BCUT2D eigenvalue weighted by molar-refractivity contribution is 7.94. The molecule has 4 nitrogen and oxygen atoms in total. The molecule has 0 aromatic rings. The molecule has 0 aromatic heterocycles. The Hall–Kier alpha value is -0.990.